The predicted molar refractivity (Wildman–Crippen MR) is 71.8 cm³/mol. The van der Waals surface area contributed by atoms with E-state index in [-0.39, 0.29) is 0 Å². The van der Waals surface area contributed by atoms with E-state index in [1.807, 2.05) is 0 Å². The first-order valence-corrected chi connectivity index (χ1v) is 7.52. The van der Waals surface area contributed by atoms with Gasteiger partial charge in [0.2, 0.25) is 0 Å². The number of hydrogen-bond acceptors (Lipinski definition) is 2. The van der Waals surface area contributed by atoms with Gasteiger partial charge in [-0.25, -0.2) is 0 Å². The summed E-state index contributed by atoms with van der Waals surface area (Å²) in [5.41, 5.74) is 7.17. The minimum absolute atomic E-state index is 0.534. The van der Waals surface area contributed by atoms with Crippen LogP contribution in [0.4, 0.5) is 0 Å². The molecule has 17 heavy (non-hydrogen) atoms. The highest BCUT2D eigenvalue weighted by molar-refractivity contribution is 5.10. The average molecular weight is 236 g/mol. The average Bonchev–Trinajstić information content (AvgIpc) is 2.83. The molecule has 0 aromatic rings. The molecule has 0 saturated heterocycles. The van der Waals surface area contributed by atoms with E-state index in [0.29, 0.717) is 11.5 Å². The second kappa shape index (κ2) is 4.24. The summed E-state index contributed by atoms with van der Waals surface area (Å²) in [7, 11) is 4.42. The van der Waals surface area contributed by atoms with Gasteiger partial charge < -0.3 is 10.6 Å². The van der Waals surface area contributed by atoms with Crippen LogP contribution in [0.15, 0.2) is 0 Å². The van der Waals surface area contributed by atoms with Crippen molar-refractivity contribution in [2.24, 2.45) is 28.9 Å². The number of nitrogens with two attached hydrogens (primary N) is 1. The molecule has 2 N–H and O–H groups in total. The summed E-state index contributed by atoms with van der Waals surface area (Å²) in [4.78, 5) is 2.36. The van der Waals surface area contributed by atoms with Crippen molar-refractivity contribution >= 4 is 0 Å². The van der Waals surface area contributed by atoms with Crippen LogP contribution in [0.3, 0.4) is 0 Å². The maximum absolute atomic E-state index is 6.61. The minimum atomic E-state index is 0.534. The van der Waals surface area contributed by atoms with Gasteiger partial charge in [-0.05, 0) is 75.8 Å². The van der Waals surface area contributed by atoms with E-state index in [1.165, 1.54) is 51.5 Å². The van der Waals surface area contributed by atoms with Gasteiger partial charge in [-0.2, -0.15) is 0 Å². The van der Waals surface area contributed by atoms with Crippen LogP contribution in [0.1, 0.15) is 44.9 Å². The third-order valence-electron chi connectivity index (χ3n) is 6.00. The van der Waals surface area contributed by atoms with Crippen molar-refractivity contribution in [3.05, 3.63) is 0 Å². The topological polar surface area (TPSA) is 29.3 Å². The Labute approximate surface area is 106 Å². The third-order valence-corrected chi connectivity index (χ3v) is 6.00. The van der Waals surface area contributed by atoms with E-state index >= 15 is 0 Å². The molecule has 3 aliphatic carbocycles. The molecule has 3 fully saturated rings. The molecular weight excluding hydrogens is 208 g/mol. The summed E-state index contributed by atoms with van der Waals surface area (Å²) in [5, 5.41) is 0. The van der Waals surface area contributed by atoms with E-state index in [1.54, 1.807) is 0 Å². The van der Waals surface area contributed by atoms with Crippen molar-refractivity contribution < 1.29 is 0 Å². The fraction of sp³-hybridized carbons (Fsp3) is 1.00. The molecule has 0 unspecified atom stereocenters. The van der Waals surface area contributed by atoms with Crippen molar-refractivity contribution in [3.63, 3.8) is 0 Å². The molecule has 3 rings (SSSR count). The van der Waals surface area contributed by atoms with Crippen LogP contribution in [-0.2, 0) is 0 Å². The summed E-state index contributed by atoms with van der Waals surface area (Å²) in [6.07, 6.45) is 10.1. The van der Waals surface area contributed by atoms with Crippen molar-refractivity contribution in [3.8, 4) is 0 Å². The molecule has 1 spiro atoms. The maximum atomic E-state index is 6.61. The quantitative estimate of drug-likeness (QED) is 0.798. The predicted octanol–water partition coefficient (Wildman–Crippen LogP) is 2.48. The molecule has 0 amide bonds. The van der Waals surface area contributed by atoms with Gasteiger partial charge in [-0.1, -0.05) is 6.42 Å². The molecule has 0 aromatic carbocycles. The largest absolute Gasteiger partial charge is 0.327 e. The van der Waals surface area contributed by atoms with E-state index in [2.05, 4.69) is 19.0 Å². The second-order valence-corrected chi connectivity index (χ2v) is 7.25. The normalized spacial score (nSPS) is 49.4. The van der Waals surface area contributed by atoms with Crippen LogP contribution in [0.5, 0.6) is 0 Å². The van der Waals surface area contributed by atoms with E-state index in [0.717, 1.165) is 17.8 Å². The molecule has 2 nitrogen and oxygen atoms in total. The molecule has 0 radical (unpaired) electrons. The molecule has 5 atom stereocenters. The highest BCUT2D eigenvalue weighted by Gasteiger charge is 2.57. The van der Waals surface area contributed by atoms with E-state index < -0.39 is 0 Å². The van der Waals surface area contributed by atoms with Gasteiger partial charge in [-0.15, -0.1) is 0 Å². The minimum Gasteiger partial charge on any atom is -0.327 e. The van der Waals surface area contributed by atoms with Crippen LogP contribution in [0, 0.1) is 23.2 Å². The van der Waals surface area contributed by atoms with E-state index in [9.17, 15) is 0 Å². The van der Waals surface area contributed by atoms with Gasteiger partial charge in [0.1, 0.15) is 0 Å². The third kappa shape index (κ3) is 1.84. The first-order valence-electron chi connectivity index (χ1n) is 7.52. The van der Waals surface area contributed by atoms with Crippen molar-refractivity contribution in [1.82, 2.24) is 4.90 Å². The van der Waals surface area contributed by atoms with Gasteiger partial charge >= 0.3 is 0 Å². The van der Waals surface area contributed by atoms with Gasteiger partial charge in [-0.3, -0.25) is 0 Å². The first-order chi connectivity index (χ1) is 8.12. The fourth-order valence-corrected chi connectivity index (χ4v) is 5.41. The monoisotopic (exact) mass is 236 g/mol. The second-order valence-electron chi connectivity index (χ2n) is 7.25. The highest BCUT2D eigenvalue weighted by Crippen LogP contribution is 2.61. The number of fused-ring (bicyclic) bond motifs is 3. The fourth-order valence-electron chi connectivity index (χ4n) is 5.41. The number of rotatable bonds is 2. The van der Waals surface area contributed by atoms with Gasteiger partial charge in [0.25, 0.3) is 0 Å². The maximum Gasteiger partial charge on any atom is 0.0127 e. The smallest absolute Gasteiger partial charge is 0.0127 e. The zero-order valence-corrected chi connectivity index (χ0v) is 11.5. The van der Waals surface area contributed by atoms with Crippen LogP contribution in [0.2, 0.25) is 0 Å². The summed E-state index contributed by atoms with van der Waals surface area (Å²) >= 11 is 0. The molecule has 2 bridgehead atoms. The Morgan fingerprint density at radius 2 is 2.06 bits per heavy atom. The van der Waals surface area contributed by atoms with Gasteiger partial charge in [0, 0.05) is 12.6 Å². The lowest BCUT2D eigenvalue weighted by Crippen LogP contribution is -2.49. The molecule has 3 aliphatic rings. The van der Waals surface area contributed by atoms with Crippen LogP contribution < -0.4 is 5.73 Å². The number of hydrogen-bond donors (Lipinski definition) is 1. The van der Waals surface area contributed by atoms with Crippen LogP contribution >= 0.6 is 0 Å². The van der Waals surface area contributed by atoms with Crippen LogP contribution in [-0.4, -0.2) is 31.6 Å². The Hall–Kier alpha value is -0.0800. The lowest BCUT2D eigenvalue weighted by molar-refractivity contribution is 0.0407. The number of nitrogens with zero attached hydrogens (tertiary/aromatic N) is 1. The molecule has 0 aliphatic heterocycles. The summed E-state index contributed by atoms with van der Waals surface area (Å²) in [6.45, 7) is 1.27. The van der Waals surface area contributed by atoms with Gasteiger partial charge in [0.15, 0.2) is 0 Å². The molecule has 2 heteroatoms. The molecule has 0 aromatic heterocycles. The van der Waals surface area contributed by atoms with E-state index in [4.69, 9.17) is 5.73 Å². The standard InChI is InChI=1S/C15H28N2/c1-17(2)10-11-4-3-7-15(9-11)13-6-5-12(8-13)14(15)16/h11-14H,3-10,16H2,1-2H3/t11-,12+,13-,14+,15+/m0/s1. The Bertz CT molecular complexity index is 285. The lowest BCUT2D eigenvalue weighted by atomic mass is 9.59. The van der Waals surface area contributed by atoms with Crippen molar-refractivity contribution in [1.29, 1.82) is 0 Å². The van der Waals surface area contributed by atoms with Crippen molar-refractivity contribution in [2.45, 2.75) is 51.0 Å². The summed E-state index contributed by atoms with van der Waals surface area (Å²) in [5.74, 6) is 2.76. The first kappa shape index (κ1) is 12.0. The zero-order valence-electron chi connectivity index (χ0n) is 11.5. The summed E-state index contributed by atoms with van der Waals surface area (Å²) < 4.78 is 0. The summed E-state index contributed by atoms with van der Waals surface area (Å²) in [6, 6.07) is 0.534. The van der Waals surface area contributed by atoms with Crippen molar-refractivity contribution in [2.75, 3.05) is 20.6 Å². The molecular formula is C15H28N2. The molecule has 0 heterocycles. The van der Waals surface area contributed by atoms with Gasteiger partial charge in [0.05, 0.1) is 0 Å². The SMILES string of the molecule is CN(C)C[C@H]1CCC[C@@]2(C1)[C@H]1CC[C@H](C1)[C@H]2N. The van der Waals surface area contributed by atoms with Crippen LogP contribution in [0.25, 0.3) is 0 Å². The molecule has 3 saturated carbocycles. The zero-order chi connectivity index (χ0) is 12.0. The Morgan fingerprint density at radius 3 is 2.71 bits per heavy atom. The Morgan fingerprint density at radius 1 is 1.24 bits per heavy atom. The Kier molecular flexibility index (Phi) is 2.99. The Balaban J connectivity index is 1.74. The highest BCUT2D eigenvalue weighted by atomic mass is 15.1. The molecule has 98 valence electrons. The lowest BCUT2D eigenvalue weighted by Gasteiger charge is -2.48.